The summed E-state index contributed by atoms with van der Waals surface area (Å²) in [6.07, 6.45) is 0.403. The normalized spacial score (nSPS) is 23.2. The summed E-state index contributed by atoms with van der Waals surface area (Å²) in [5, 5.41) is 3.09. The number of nitrogens with one attached hydrogen (secondary N) is 2. The largest absolute Gasteiger partial charge is 0.364 e. The van der Waals surface area contributed by atoms with Gasteiger partial charge in [-0.1, -0.05) is 42.1 Å². The van der Waals surface area contributed by atoms with Crippen molar-refractivity contribution in [2.75, 3.05) is 25.0 Å². The summed E-state index contributed by atoms with van der Waals surface area (Å²) in [5.41, 5.74) is 0.870. The predicted octanol–water partition coefficient (Wildman–Crippen LogP) is 2.47. The van der Waals surface area contributed by atoms with Crippen molar-refractivity contribution in [1.29, 1.82) is 0 Å². The molecule has 25 heavy (non-hydrogen) atoms. The third-order valence-electron chi connectivity index (χ3n) is 4.16. The highest BCUT2D eigenvalue weighted by Gasteiger charge is 2.27. The SMILES string of the molecule is C[C@H]1C[NH+](CC(=O)Nc2ccccc2Sc2ccccc2)C[C@H](C)O1. The number of anilines is 1. The van der Waals surface area contributed by atoms with Gasteiger partial charge in [0.15, 0.2) is 6.54 Å². The third-order valence-corrected chi connectivity index (χ3v) is 5.24. The number of hydrogen-bond donors (Lipinski definition) is 2. The number of benzene rings is 2. The van der Waals surface area contributed by atoms with Crippen LogP contribution in [-0.2, 0) is 9.53 Å². The summed E-state index contributed by atoms with van der Waals surface area (Å²) in [7, 11) is 0. The molecule has 1 saturated heterocycles. The van der Waals surface area contributed by atoms with Crippen LogP contribution in [0.4, 0.5) is 5.69 Å². The van der Waals surface area contributed by atoms with Gasteiger partial charge in [0.25, 0.3) is 5.91 Å². The zero-order valence-corrected chi connectivity index (χ0v) is 15.5. The van der Waals surface area contributed by atoms with Crippen molar-refractivity contribution in [2.24, 2.45) is 0 Å². The molecule has 5 heteroatoms. The van der Waals surface area contributed by atoms with Crippen LogP contribution in [0.1, 0.15) is 13.8 Å². The average molecular weight is 357 g/mol. The minimum Gasteiger partial charge on any atom is -0.364 e. The van der Waals surface area contributed by atoms with Crippen LogP contribution in [-0.4, -0.2) is 37.7 Å². The van der Waals surface area contributed by atoms with Crippen LogP contribution < -0.4 is 10.2 Å². The van der Waals surface area contributed by atoms with Gasteiger partial charge in [-0.05, 0) is 38.1 Å². The van der Waals surface area contributed by atoms with Gasteiger partial charge in [-0.15, -0.1) is 0 Å². The number of amides is 1. The molecule has 1 fully saturated rings. The van der Waals surface area contributed by atoms with E-state index in [0.29, 0.717) is 6.54 Å². The van der Waals surface area contributed by atoms with E-state index in [1.54, 1.807) is 11.8 Å². The monoisotopic (exact) mass is 357 g/mol. The first kappa shape index (κ1) is 18.0. The minimum absolute atomic E-state index is 0.0532. The molecule has 0 spiro atoms. The fraction of sp³-hybridized carbons (Fsp3) is 0.350. The van der Waals surface area contributed by atoms with Gasteiger partial charge in [-0.3, -0.25) is 4.79 Å². The van der Waals surface area contributed by atoms with Crippen molar-refractivity contribution in [3.8, 4) is 0 Å². The quantitative estimate of drug-likeness (QED) is 0.864. The Bertz CT molecular complexity index is 698. The van der Waals surface area contributed by atoms with Crippen molar-refractivity contribution in [3.63, 3.8) is 0 Å². The van der Waals surface area contributed by atoms with Gasteiger partial charge in [-0.25, -0.2) is 0 Å². The van der Waals surface area contributed by atoms with Crippen molar-refractivity contribution >= 4 is 23.4 Å². The van der Waals surface area contributed by atoms with E-state index in [1.165, 1.54) is 4.90 Å². The molecule has 2 aromatic rings. The molecular weight excluding hydrogens is 332 g/mol. The van der Waals surface area contributed by atoms with E-state index < -0.39 is 0 Å². The van der Waals surface area contributed by atoms with Crippen LogP contribution in [0.3, 0.4) is 0 Å². The highest BCUT2D eigenvalue weighted by Crippen LogP contribution is 2.33. The van der Waals surface area contributed by atoms with Crippen molar-refractivity contribution in [2.45, 2.75) is 35.8 Å². The topological polar surface area (TPSA) is 42.8 Å². The summed E-state index contributed by atoms with van der Waals surface area (Å²) in [6, 6.07) is 18.1. The summed E-state index contributed by atoms with van der Waals surface area (Å²) in [4.78, 5) is 16.0. The fourth-order valence-electron chi connectivity index (χ4n) is 3.23. The molecule has 2 N–H and O–H groups in total. The Kier molecular flexibility index (Phi) is 6.13. The average Bonchev–Trinajstić information content (AvgIpc) is 2.56. The number of rotatable bonds is 5. The first-order chi connectivity index (χ1) is 12.1. The number of ether oxygens (including phenoxy) is 1. The van der Waals surface area contributed by atoms with Gasteiger partial charge in [0, 0.05) is 9.79 Å². The van der Waals surface area contributed by atoms with Crippen LogP contribution in [0.2, 0.25) is 0 Å². The number of hydrogen-bond acceptors (Lipinski definition) is 3. The second kappa shape index (κ2) is 8.52. The van der Waals surface area contributed by atoms with Crippen molar-refractivity contribution in [3.05, 3.63) is 54.6 Å². The van der Waals surface area contributed by atoms with Crippen LogP contribution in [0.25, 0.3) is 0 Å². The van der Waals surface area contributed by atoms with Gasteiger partial charge in [0.05, 0.1) is 5.69 Å². The maximum Gasteiger partial charge on any atom is 0.279 e. The highest BCUT2D eigenvalue weighted by molar-refractivity contribution is 7.99. The van der Waals surface area contributed by atoms with E-state index in [0.717, 1.165) is 28.6 Å². The first-order valence-corrected chi connectivity index (χ1v) is 9.52. The van der Waals surface area contributed by atoms with E-state index in [9.17, 15) is 4.79 Å². The molecule has 0 radical (unpaired) electrons. The highest BCUT2D eigenvalue weighted by atomic mass is 32.2. The molecule has 1 heterocycles. The Morgan fingerprint density at radius 3 is 2.44 bits per heavy atom. The molecule has 0 saturated carbocycles. The molecule has 2 aromatic carbocycles. The number of carbonyl (C=O) groups is 1. The van der Waals surface area contributed by atoms with Gasteiger partial charge < -0.3 is 15.0 Å². The molecule has 1 aliphatic heterocycles. The standard InChI is InChI=1S/C20H24N2O2S/c1-15-12-22(13-16(2)24-15)14-20(23)21-18-10-6-7-11-19(18)25-17-8-4-3-5-9-17/h3-11,15-16H,12-14H2,1-2H3,(H,21,23)/p+1/t15-,16-/m0/s1. The molecule has 3 rings (SSSR count). The Morgan fingerprint density at radius 1 is 1.08 bits per heavy atom. The second-order valence-corrected chi connectivity index (χ2v) is 7.67. The zero-order valence-electron chi connectivity index (χ0n) is 14.7. The summed E-state index contributed by atoms with van der Waals surface area (Å²) < 4.78 is 5.75. The molecule has 0 bridgehead atoms. The Hall–Kier alpha value is -1.82. The lowest BCUT2D eigenvalue weighted by Crippen LogP contribution is -3.16. The lowest BCUT2D eigenvalue weighted by molar-refractivity contribution is -0.907. The van der Waals surface area contributed by atoms with Crippen molar-refractivity contribution in [1.82, 2.24) is 0 Å². The van der Waals surface area contributed by atoms with Gasteiger partial charge in [0.2, 0.25) is 0 Å². The van der Waals surface area contributed by atoms with Crippen LogP contribution in [0.15, 0.2) is 64.4 Å². The molecule has 1 aliphatic rings. The molecule has 2 atom stereocenters. The van der Waals surface area contributed by atoms with E-state index in [1.807, 2.05) is 42.5 Å². The van der Waals surface area contributed by atoms with Crippen LogP contribution in [0, 0.1) is 0 Å². The lowest BCUT2D eigenvalue weighted by Gasteiger charge is -2.31. The van der Waals surface area contributed by atoms with E-state index >= 15 is 0 Å². The van der Waals surface area contributed by atoms with Gasteiger partial charge in [-0.2, -0.15) is 0 Å². The van der Waals surface area contributed by atoms with E-state index in [-0.39, 0.29) is 18.1 Å². The third kappa shape index (κ3) is 5.33. The van der Waals surface area contributed by atoms with E-state index in [4.69, 9.17) is 4.74 Å². The zero-order chi connectivity index (χ0) is 17.6. The van der Waals surface area contributed by atoms with Crippen molar-refractivity contribution < 1.29 is 14.4 Å². The maximum absolute atomic E-state index is 12.5. The molecule has 0 aromatic heterocycles. The molecule has 132 valence electrons. The van der Waals surface area contributed by atoms with Crippen LogP contribution >= 0.6 is 11.8 Å². The van der Waals surface area contributed by atoms with Crippen LogP contribution in [0.5, 0.6) is 0 Å². The summed E-state index contributed by atoms with van der Waals surface area (Å²) in [6.45, 7) is 6.36. The lowest BCUT2D eigenvalue weighted by atomic mass is 10.2. The smallest absolute Gasteiger partial charge is 0.279 e. The fourth-order valence-corrected chi connectivity index (χ4v) is 4.15. The molecule has 4 nitrogen and oxygen atoms in total. The Balaban J connectivity index is 1.63. The second-order valence-electron chi connectivity index (χ2n) is 6.55. The predicted molar refractivity (Wildman–Crippen MR) is 101 cm³/mol. The summed E-state index contributed by atoms with van der Waals surface area (Å²) >= 11 is 1.66. The molecule has 0 unspecified atom stereocenters. The maximum atomic E-state index is 12.5. The number of carbonyl (C=O) groups excluding carboxylic acids is 1. The van der Waals surface area contributed by atoms with Gasteiger partial charge >= 0.3 is 0 Å². The number of quaternary nitrogens is 1. The Morgan fingerprint density at radius 2 is 1.72 bits per heavy atom. The number of para-hydroxylation sites is 1. The molecule has 0 aliphatic carbocycles. The number of morpholine rings is 1. The van der Waals surface area contributed by atoms with Gasteiger partial charge in [0.1, 0.15) is 25.3 Å². The first-order valence-electron chi connectivity index (χ1n) is 8.71. The Labute approximate surface area is 153 Å². The summed E-state index contributed by atoms with van der Waals surface area (Å²) in [5.74, 6) is 0.0532. The molecule has 1 amide bonds. The van der Waals surface area contributed by atoms with E-state index in [2.05, 4.69) is 31.3 Å². The molecular formula is C20H25N2O2S+. The minimum atomic E-state index is 0.0532.